The van der Waals surface area contributed by atoms with Gasteiger partial charge in [0.15, 0.2) is 0 Å². The van der Waals surface area contributed by atoms with Crippen molar-refractivity contribution < 1.29 is 5.11 Å². The molecule has 0 aromatic heterocycles. The molecule has 0 amide bonds. The highest BCUT2D eigenvalue weighted by molar-refractivity contribution is 4.86. The number of hydrogen-bond acceptors (Lipinski definition) is 1. The van der Waals surface area contributed by atoms with E-state index in [2.05, 4.69) is 20.8 Å². The Hall–Kier alpha value is -0.0400. The molecule has 0 bridgehead atoms. The molecule has 1 aliphatic carbocycles. The Labute approximate surface area is 76.2 Å². The van der Waals surface area contributed by atoms with E-state index in [9.17, 15) is 5.11 Å². The molecule has 0 radical (unpaired) electrons. The van der Waals surface area contributed by atoms with Crippen LogP contribution in [-0.4, -0.2) is 10.7 Å². The molecule has 0 atom stereocenters. The van der Waals surface area contributed by atoms with Gasteiger partial charge in [0.25, 0.3) is 0 Å². The van der Waals surface area contributed by atoms with Gasteiger partial charge in [-0.25, -0.2) is 0 Å². The summed E-state index contributed by atoms with van der Waals surface area (Å²) >= 11 is 0. The summed E-state index contributed by atoms with van der Waals surface area (Å²) in [6.45, 7) is 8.87. The third-order valence-corrected chi connectivity index (χ3v) is 3.29. The van der Waals surface area contributed by atoms with Gasteiger partial charge in [0.2, 0.25) is 0 Å². The Kier molecular flexibility index (Phi) is 2.53. The van der Waals surface area contributed by atoms with E-state index in [1.165, 1.54) is 12.8 Å². The maximum Gasteiger partial charge on any atom is 0.0620 e. The molecule has 1 nitrogen and oxygen atoms in total. The molecular weight excluding hydrogens is 148 g/mol. The van der Waals surface area contributed by atoms with Crippen LogP contribution in [0, 0.1) is 11.3 Å². The fraction of sp³-hybridized carbons (Fsp3) is 1.00. The third kappa shape index (κ3) is 2.48. The van der Waals surface area contributed by atoms with Gasteiger partial charge in [-0.15, -0.1) is 0 Å². The van der Waals surface area contributed by atoms with Gasteiger partial charge < -0.3 is 5.11 Å². The lowest BCUT2D eigenvalue weighted by molar-refractivity contribution is -0.00969. The molecule has 0 heterocycles. The lowest BCUT2D eigenvalue weighted by Crippen LogP contribution is -2.34. The van der Waals surface area contributed by atoms with Crippen LogP contribution in [0.5, 0.6) is 0 Å². The molecule has 1 aliphatic rings. The zero-order valence-corrected chi connectivity index (χ0v) is 8.85. The largest absolute Gasteiger partial charge is 0.390 e. The Balaban J connectivity index is 2.47. The average Bonchev–Trinajstić information content (AvgIpc) is 1.83. The second kappa shape index (κ2) is 3.02. The highest BCUT2D eigenvalue weighted by Crippen LogP contribution is 2.40. The summed E-state index contributed by atoms with van der Waals surface area (Å²) in [6.07, 6.45) is 4.34. The van der Waals surface area contributed by atoms with Gasteiger partial charge in [-0.05, 0) is 43.9 Å². The number of hydrogen-bond donors (Lipinski definition) is 1. The van der Waals surface area contributed by atoms with Gasteiger partial charge in [0.1, 0.15) is 0 Å². The van der Waals surface area contributed by atoms with Crippen LogP contribution in [0.4, 0.5) is 0 Å². The summed E-state index contributed by atoms with van der Waals surface area (Å²) < 4.78 is 0. The minimum absolute atomic E-state index is 0.373. The van der Waals surface area contributed by atoms with Crippen molar-refractivity contribution in [1.82, 2.24) is 0 Å². The summed E-state index contributed by atoms with van der Waals surface area (Å²) in [6, 6.07) is 0. The molecule has 0 unspecified atom stereocenters. The third-order valence-electron chi connectivity index (χ3n) is 3.29. The molecule has 12 heavy (non-hydrogen) atoms. The Morgan fingerprint density at radius 2 is 1.58 bits per heavy atom. The molecule has 0 aliphatic heterocycles. The van der Waals surface area contributed by atoms with Crippen LogP contribution < -0.4 is 0 Å². The van der Waals surface area contributed by atoms with Crippen LogP contribution in [0.25, 0.3) is 0 Å². The van der Waals surface area contributed by atoms with E-state index < -0.39 is 0 Å². The second-order valence-electron chi connectivity index (χ2n) is 5.64. The first kappa shape index (κ1) is 10.0. The monoisotopic (exact) mass is 170 g/mol. The van der Waals surface area contributed by atoms with E-state index in [0.29, 0.717) is 5.41 Å². The van der Waals surface area contributed by atoms with Gasteiger partial charge in [-0.2, -0.15) is 0 Å². The maximum absolute atomic E-state index is 9.76. The fourth-order valence-electron chi connectivity index (χ4n) is 2.11. The molecular formula is C11H22O. The SMILES string of the molecule is CC(C)(C)[C@H]1CC[C@](C)(O)CC1. The summed E-state index contributed by atoms with van der Waals surface area (Å²) in [4.78, 5) is 0. The van der Waals surface area contributed by atoms with E-state index in [-0.39, 0.29) is 5.60 Å². The van der Waals surface area contributed by atoms with Crippen molar-refractivity contribution in [2.45, 2.75) is 59.0 Å². The molecule has 1 fully saturated rings. The molecule has 1 rings (SSSR count). The molecule has 72 valence electrons. The zero-order valence-electron chi connectivity index (χ0n) is 8.85. The molecule has 0 saturated heterocycles. The van der Waals surface area contributed by atoms with Crippen LogP contribution in [-0.2, 0) is 0 Å². The van der Waals surface area contributed by atoms with E-state index in [4.69, 9.17) is 0 Å². The minimum atomic E-state index is -0.373. The second-order valence-corrected chi connectivity index (χ2v) is 5.64. The maximum atomic E-state index is 9.76. The van der Waals surface area contributed by atoms with Crippen molar-refractivity contribution in [2.24, 2.45) is 11.3 Å². The Morgan fingerprint density at radius 3 is 1.92 bits per heavy atom. The highest BCUT2D eigenvalue weighted by Gasteiger charge is 2.33. The normalized spacial score (nSPS) is 38.2. The Bertz CT molecular complexity index is 143. The summed E-state index contributed by atoms with van der Waals surface area (Å²) in [5, 5.41) is 9.76. The first-order valence-electron chi connectivity index (χ1n) is 5.04. The lowest BCUT2D eigenvalue weighted by Gasteiger charge is -2.39. The molecule has 1 saturated carbocycles. The summed E-state index contributed by atoms with van der Waals surface area (Å²) in [5.74, 6) is 0.803. The Morgan fingerprint density at radius 1 is 1.17 bits per heavy atom. The first-order chi connectivity index (χ1) is 5.31. The highest BCUT2D eigenvalue weighted by atomic mass is 16.3. The number of aliphatic hydroxyl groups is 1. The molecule has 0 spiro atoms. The van der Waals surface area contributed by atoms with E-state index in [0.717, 1.165) is 18.8 Å². The van der Waals surface area contributed by atoms with Gasteiger partial charge in [-0.1, -0.05) is 20.8 Å². The summed E-state index contributed by atoms with van der Waals surface area (Å²) in [5.41, 5.74) is 0.0538. The lowest BCUT2D eigenvalue weighted by atomic mass is 9.69. The number of rotatable bonds is 0. The fourth-order valence-corrected chi connectivity index (χ4v) is 2.11. The topological polar surface area (TPSA) is 20.2 Å². The molecule has 1 N–H and O–H groups in total. The van der Waals surface area contributed by atoms with Crippen molar-refractivity contribution in [1.29, 1.82) is 0 Å². The van der Waals surface area contributed by atoms with Crippen LogP contribution in [0.1, 0.15) is 53.4 Å². The van der Waals surface area contributed by atoms with Crippen LogP contribution in [0.3, 0.4) is 0 Å². The molecule has 0 aromatic carbocycles. The predicted molar refractivity (Wildman–Crippen MR) is 52.0 cm³/mol. The van der Waals surface area contributed by atoms with Crippen molar-refractivity contribution in [3.8, 4) is 0 Å². The van der Waals surface area contributed by atoms with Crippen molar-refractivity contribution in [3.63, 3.8) is 0 Å². The van der Waals surface area contributed by atoms with Crippen LogP contribution >= 0.6 is 0 Å². The first-order valence-corrected chi connectivity index (χ1v) is 5.04. The van der Waals surface area contributed by atoms with Crippen molar-refractivity contribution in [2.75, 3.05) is 0 Å². The smallest absolute Gasteiger partial charge is 0.0620 e. The quantitative estimate of drug-likeness (QED) is 0.592. The zero-order chi connectivity index (χ0) is 9.41. The minimum Gasteiger partial charge on any atom is -0.390 e. The van der Waals surface area contributed by atoms with E-state index in [1.807, 2.05) is 6.92 Å². The van der Waals surface area contributed by atoms with Gasteiger partial charge in [0, 0.05) is 0 Å². The van der Waals surface area contributed by atoms with Gasteiger partial charge in [0.05, 0.1) is 5.60 Å². The van der Waals surface area contributed by atoms with E-state index >= 15 is 0 Å². The average molecular weight is 170 g/mol. The standard InChI is InChI=1S/C11H22O/c1-10(2,3)9-5-7-11(4,12)8-6-9/h9,12H,5-8H2,1-4H3/t9-,11-. The van der Waals surface area contributed by atoms with Crippen molar-refractivity contribution >= 4 is 0 Å². The van der Waals surface area contributed by atoms with Crippen LogP contribution in [0.15, 0.2) is 0 Å². The molecule has 1 heteroatoms. The molecule has 0 aromatic rings. The summed E-state index contributed by atoms with van der Waals surface area (Å²) in [7, 11) is 0. The van der Waals surface area contributed by atoms with E-state index in [1.54, 1.807) is 0 Å². The van der Waals surface area contributed by atoms with Crippen molar-refractivity contribution in [3.05, 3.63) is 0 Å². The van der Waals surface area contributed by atoms with Gasteiger partial charge >= 0.3 is 0 Å². The predicted octanol–water partition coefficient (Wildman–Crippen LogP) is 2.97. The van der Waals surface area contributed by atoms with Gasteiger partial charge in [-0.3, -0.25) is 0 Å². The van der Waals surface area contributed by atoms with Crippen LogP contribution in [0.2, 0.25) is 0 Å².